The molecule has 3 rings (SSSR count). The van der Waals surface area contributed by atoms with Crippen LogP contribution in [0, 0.1) is 11.8 Å². The maximum Gasteiger partial charge on any atom is 0.243 e. The average Bonchev–Trinajstić information content (AvgIpc) is 3.54. The van der Waals surface area contributed by atoms with Crippen molar-refractivity contribution in [2.24, 2.45) is 11.8 Å². The molecule has 7 nitrogen and oxygen atoms in total. The fourth-order valence-electron chi connectivity index (χ4n) is 4.96. The van der Waals surface area contributed by atoms with Crippen molar-refractivity contribution >= 4 is 11.7 Å². The number of aliphatic hydroxyl groups excluding tert-OH is 1. The molecule has 3 fully saturated rings. The topological polar surface area (TPSA) is 97.4 Å². The van der Waals surface area contributed by atoms with Crippen LogP contribution in [0.4, 0.5) is 0 Å². The zero-order chi connectivity index (χ0) is 25.8. The summed E-state index contributed by atoms with van der Waals surface area (Å²) in [7, 11) is 0. The first-order valence-electron chi connectivity index (χ1n) is 12.9. The van der Waals surface area contributed by atoms with Gasteiger partial charge < -0.3 is 24.6 Å². The molecule has 0 aliphatic carbocycles. The average molecular weight is 490 g/mol. The SMILES string of the molecule is CC(=O)C[C@H]1C[C@@]2(CO2)[C@H](O)[C@@H](/C=C/C(C)=C/C[C@@H]2O[C@H](C)[C@H](NC(=O)/C=C\C(C)C)C[C@@H]2C)O1. The van der Waals surface area contributed by atoms with Crippen LogP contribution in [-0.4, -0.2) is 65.6 Å². The minimum Gasteiger partial charge on any atom is -0.387 e. The molecule has 0 aromatic carbocycles. The van der Waals surface area contributed by atoms with Gasteiger partial charge in [-0.15, -0.1) is 0 Å². The highest BCUT2D eigenvalue weighted by Crippen LogP contribution is 2.43. The molecule has 1 spiro atoms. The van der Waals surface area contributed by atoms with Gasteiger partial charge in [0.2, 0.25) is 5.91 Å². The second-order valence-electron chi connectivity index (χ2n) is 11.0. The Labute approximate surface area is 210 Å². The Hall–Kier alpha value is -1.80. The summed E-state index contributed by atoms with van der Waals surface area (Å²) in [5, 5.41) is 13.8. The van der Waals surface area contributed by atoms with E-state index in [9.17, 15) is 14.7 Å². The third-order valence-electron chi connectivity index (χ3n) is 7.20. The highest BCUT2D eigenvalue weighted by atomic mass is 16.6. The van der Waals surface area contributed by atoms with Gasteiger partial charge in [0.05, 0.1) is 31.0 Å². The van der Waals surface area contributed by atoms with Gasteiger partial charge in [0, 0.05) is 12.8 Å². The molecule has 7 heteroatoms. The van der Waals surface area contributed by atoms with Crippen LogP contribution in [-0.2, 0) is 23.8 Å². The van der Waals surface area contributed by atoms with Crippen LogP contribution in [0.3, 0.4) is 0 Å². The summed E-state index contributed by atoms with van der Waals surface area (Å²) in [5.74, 6) is 0.653. The number of amides is 1. The van der Waals surface area contributed by atoms with E-state index in [-0.39, 0.29) is 36.0 Å². The van der Waals surface area contributed by atoms with Crippen molar-refractivity contribution in [3.63, 3.8) is 0 Å². The van der Waals surface area contributed by atoms with Crippen LogP contribution in [0.15, 0.2) is 36.0 Å². The van der Waals surface area contributed by atoms with Gasteiger partial charge in [0.15, 0.2) is 0 Å². The maximum absolute atomic E-state index is 12.2. The number of epoxide rings is 1. The molecule has 8 atom stereocenters. The molecule has 0 bridgehead atoms. The largest absolute Gasteiger partial charge is 0.387 e. The zero-order valence-corrected chi connectivity index (χ0v) is 22.0. The molecule has 35 heavy (non-hydrogen) atoms. The summed E-state index contributed by atoms with van der Waals surface area (Å²) < 4.78 is 17.8. The lowest BCUT2D eigenvalue weighted by Gasteiger charge is -2.39. The molecule has 0 aromatic heterocycles. The quantitative estimate of drug-likeness (QED) is 0.291. The molecule has 3 heterocycles. The van der Waals surface area contributed by atoms with E-state index in [0.717, 1.165) is 18.4 Å². The van der Waals surface area contributed by atoms with Gasteiger partial charge in [-0.2, -0.15) is 0 Å². The van der Waals surface area contributed by atoms with E-state index in [1.807, 2.05) is 45.9 Å². The molecule has 3 saturated heterocycles. The van der Waals surface area contributed by atoms with Crippen LogP contribution >= 0.6 is 0 Å². The number of carbonyl (C=O) groups excluding carboxylic acids is 2. The van der Waals surface area contributed by atoms with Gasteiger partial charge in [-0.1, -0.05) is 50.6 Å². The fourth-order valence-corrected chi connectivity index (χ4v) is 4.96. The monoisotopic (exact) mass is 489 g/mol. The summed E-state index contributed by atoms with van der Waals surface area (Å²) in [6.07, 6.45) is 10.6. The smallest absolute Gasteiger partial charge is 0.243 e. The summed E-state index contributed by atoms with van der Waals surface area (Å²) >= 11 is 0. The maximum atomic E-state index is 12.2. The van der Waals surface area contributed by atoms with E-state index < -0.39 is 17.8 Å². The first-order valence-corrected chi connectivity index (χ1v) is 12.9. The lowest BCUT2D eigenvalue weighted by atomic mass is 9.87. The van der Waals surface area contributed by atoms with Crippen molar-refractivity contribution in [3.05, 3.63) is 36.0 Å². The Bertz CT molecular complexity index is 842. The molecule has 2 N–H and O–H groups in total. The van der Waals surface area contributed by atoms with Crippen molar-refractivity contribution in [2.45, 2.75) is 109 Å². The molecule has 3 aliphatic heterocycles. The van der Waals surface area contributed by atoms with Crippen molar-refractivity contribution in [1.29, 1.82) is 0 Å². The van der Waals surface area contributed by atoms with Gasteiger partial charge in [0.25, 0.3) is 0 Å². The number of hydrogen-bond donors (Lipinski definition) is 2. The lowest BCUT2D eigenvalue weighted by molar-refractivity contribution is -0.143. The Kier molecular flexibility index (Phi) is 9.49. The lowest BCUT2D eigenvalue weighted by Crippen LogP contribution is -2.50. The number of aliphatic hydroxyl groups is 1. The molecule has 0 aromatic rings. The first kappa shape index (κ1) is 27.8. The van der Waals surface area contributed by atoms with E-state index in [1.54, 1.807) is 13.0 Å². The number of hydrogen-bond acceptors (Lipinski definition) is 6. The second kappa shape index (κ2) is 12.0. The molecule has 196 valence electrons. The van der Waals surface area contributed by atoms with Crippen LogP contribution < -0.4 is 5.32 Å². The van der Waals surface area contributed by atoms with Gasteiger partial charge in [-0.05, 0) is 51.5 Å². The van der Waals surface area contributed by atoms with Gasteiger partial charge in [-0.3, -0.25) is 9.59 Å². The van der Waals surface area contributed by atoms with E-state index in [0.29, 0.717) is 31.3 Å². The zero-order valence-electron chi connectivity index (χ0n) is 22.0. The molecule has 0 radical (unpaired) electrons. The Morgan fingerprint density at radius 1 is 1.17 bits per heavy atom. The third-order valence-corrected chi connectivity index (χ3v) is 7.20. The molecule has 0 unspecified atom stereocenters. The highest BCUT2D eigenvalue weighted by Gasteiger charge is 2.58. The molecular weight excluding hydrogens is 446 g/mol. The highest BCUT2D eigenvalue weighted by molar-refractivity contribution is 5.87. The minimum atomic E-state index is -0.736. The number of ketones is 1. The summed E-state index contributed by atoms with van der Waals surface area (Å²) in [6.45, 7) is 12.3. The number of carbonyl (C=O) groups is 2. The Balaban J connectivity index is 1.52. The number of ether oxygens (including phenoxy) is 3. The number of allylic oxidation sites excluding steroid dienone is 3. The summed E-state index contributed by atoms with van der Waals surface area (Å²) in [5.41, 5.74) is 0.487. The van der Waals surface area contributed by atoms with Crippen LogP contribution in [0.5, 0.6) is 0 Å². The van der Waals surface area contributed by atoms with Gasteiger partial charge >= 0.3 is 0 Å². The third kappa shape index (κ3) is 7.84. The molecule has 1 amide bonds. The van der Waals surface area contributed by atoms with Crippen molar-refractivity contribution < 1.29 is 28.9 Å². The molecular formula is C28H43NO6. The summed E-state index contributed by atoms with van der Waals surface area (Å²) in [4.78, 5) is 23.7. The van der Waals surface area contributed by atoms with Gasteiger partial charge in [0.1, 0.15) is 23.6 Å². The number of rotatable bonds is 9. The normalized spacial score (nSPS) is 37.9. The fraction of sp³-hybridized carbons (Fsp3) is 0.714. The van der Waals surface area contributed by atoms with E-state index in [1.165, 1.54) is 0 Å². The van der Waals surface area contributed by atoms with Crippen molar-refractivity contribution in [1.82, 2.24) is 5.32 Å². The second-order valence-corrected chi connectivity index (χ2v) is 11.0. The van der Waals surface area contributed by atoms with Crippen molar-refractivity contribution in [2.75, 3.05) is 6.61 Å². The number of nitrogens with one attached hydrogen (secondary N) is 1. The predicted molar refractivity (Wildman–Crippen MR) is 135 cm³/mol. The van der Waals surface area contributed by atoms with E-state index in [4.69, 9.17) is 14.2 Å². The summed E-state index contributed by atoms with van der Waals surface area (Å²) in [6, 6.07) is 0.000356. The Morgan fingerprint density at radius 3 is 2.51 bits per heavy atom. The van der Waals surface area contributed by atoms with Crippen molar-refractivity contribution in [3.8, 4) is 0 Å². The predicted octanol–water partition coefficient (Wildman–Crippen LogP) is 3.66. The van der Waals surface area contributed by atoms with Crippen LogP contribution in [0.2, 0.25) is 0 Å². The minimum absolute atomic E-state index is 0.000356. The Morgan fingerprint density at radius 2 is 1.89 bits per heavy atom. The standard InChI is InChI=1S/C28H43NO6/c1-17(2)7-12-26(31)29-23-13-19(4)24(34-21(23)6)10-8-18(3)9-11-25-27(32)28(16-33-28)15-22(35-25)14-20(5)30/h7-9,11-12,17,19,21-25,27,32H,10,13-16H2,1-6H3,(H,29,31)/b11-9+,12-7-,18-8+/t19-,21+,22-,23+,24-,25+,27+,28+/m0/s1. The molecule has 3 aliphatic rings. The van der Waals surface area contributed by atoms with E-state index >= 15 is 0 Å². The van der Waals surface area contributed by atoms with Crippen LogP contribution in [0.25, 0.3) is 0 Å². The van der Waals surface area contributed by atoms with E-state index in [2.05, 4.69) is 18.3 Å². The van der Waals surface area contributed by atoms with Crippen LogP contribution in [0.1, 0.15) is 67.2 Å². The first-order chi connectivity index (χ1) is 16.5. The molecule has 0 saturated carbocycles. The number of Topliss-reactive ketones (excluding diaryl/α,β-unsaturated/α-hetero) is 1. The van der Waals surface area contributed by atoms with Gasteiger partial charge in [-0.25, -0.2) is 0 Å².